The highest BCUT2D eigenvalue weighted by Crippen LogP contribution is 2.37. The summed E-state index contributed by atoms with van der Waals surface area (Å²) in [7, 11) is 0. The van der Waals surface area contributed by atoms with Gasteiger partial charge in [0.2, 0.25) is 0 Å². The summed E-state index contributed by atoms with van der Waals surface area (Å²) in [6, 6.07) is 6.90. The summed E-state index contributed by atoms with van der Waals surface area (Å²) < 4.78 is 5.96. The van der Waals surface area contributed by atoms with Gasteiger partial charge in [-0.15, -0.1) is 11.3 Å². The van der Waals surface area contributed by atoms with Crippen LogP contribution in [0.3, 0.4) is 0 Å². The summed E-state index contributed by atoms with van der Waals surface area (Å²) in [6.07, 6.45) is 3.45. The highest BCUT2D eigenvalue weighted by Gasteiger charge is 2.24. The predicted octanol–water partition coefficient (Wildman–Crippen LogP) is 3.71. The fourth-order valence-electron chi connectivity index (χ4n) is 2.75. The van der Waals surface area contributed by atoms with Gasteiger partial charge in [-0.1, -0.05) is 19.1 Å². The number of aromatic nitrogens is 1. The second-order valence-electron chi connectivity index (χ2n) is 5.14. The molecule has 0 saturated heterocycles. The van der Waals surface area contributed by atoms with E-state index in [1.54, 1.807) is 11.3 Å². The number of rotatable bonds is 6. The lowest BCUT2D eigenvalue weighted by molar-refractivity contribution is 0.299. The Balaban J connectivity index is 1.72. The monoisotopic (exact) mass is 288 g/mol. The number of fused-ring (bicyclic) bond motifs is 1. The van der Waals surface area contributed by atoms with E-state index in [9.17, 15) is 0 Å². The lowest BCUT2D eigenvalue weighted by Crippen LogP contribution is -2.19. The first-order valence-electron chi connectivity index (χ1n) is 7.23. The number of nitrogens with one attached hydrogen (secondary N) is 1. The Morgan fingerprint density at radius 3 is 3.20 bits per heavy atom. The third-order valence-corrected chi connectivity index (χ3v) is 4.36. The van der Waals surface area contributed by atoms with Gasteiger partial charge in [0.15, 0.2) is 0 Å². The number of hydrogen-bond acceptors (Lipinski definition) is 4. The zero-order valence-electron chi connectivity index (χ0n) is 11.8. The maximum Gasteiger partial charge on any atom is 0.131 e. The first-order chi connectivity index (χ1) is 9.88. The average Bonchev–Trinajstić information content (AvgIpc) is 3.12. The first-order valence-corrected chi connectivity index (χ1v) is 8.17. The molecule has 1 aliphatic carbocycles. The SMILES string of the molecule is CCCNC1CCc2c(OCc3cscn3)cccc21. The Morgan fingerprint density at radius 2 is 2.40 bits per heavy atom. The summed E-state index contributed by atoms with van der Waals surface area (Å²) in [4.78, 5) is 4.26. The van der Waals surface area contributed by atoms with Gasteiger partial charge < -0.3 is 10.1 Å². The Hall–Kier alpha value is -1.39. The van der Waals surface area contributed by atoms with Crippen LogP contribution in [0.15, 0.2) is 29.1 Å². The van der Waals surface area contributed by atoms with Crippen molar-refractivity contribution in [2.45, 2.75) is 38.8 Å². The Bertz CT molecular complexity index is 554. The van der Waals surface area contributed by atoms with Gasteiger partial charge in [-0.05, 0) is 43.0 Å². The second-order valence-corrected chi connectivity index (χ2v) is 5.86. The van der Waals surface area contributed by atoms with Crippen LogP contribution in [0.2, 0.25) is 0 Å². The van der Waals surface area contributed by atoms with Crippen LogP contribution in [0.4, 0.5) is 0 Å². The van der Waals surface area contributed by atoms with Gasteiger partial charge in [-0.3, -0.25) is 0 Å². The van der Waals surface area contributed by atoms with Crippen LogP contribution in [0.5, 0.6) is 5.75 Å². The fraction of sp³-hybridized carbons (Fsp3) is 0.438. The largest absolute Gasteiger partial charge is 0.487 e. The molecule has 1 N–H and O–H groups in total. The molecule has 1 unspecified atom stereocenters. The molecule has 1 aromatic carbocycles. The molecule has 0 radical (unpaired) electrons. The topological polar surface area (TPSA) is 34.1 Å². The molecule has 0 spiro atoms. The van der Waals surface area contributed by atoms with Crippen molar-refractivity contribution in [2.24, 2.45) is 0 Å². The standard InChI is InChI=1S/C16H20N2OS/c1-2-8-17-15-7-6-14-13(15)4-3-5-16(14)19-9-12-10-20-11-18-12/h3-5,10-11,15,17H,2,6-9H2,1H3. The van der Waals surface area contributed by atoms with Gasteiger partial charge in [0.05, 0.1) is 11.2 Å². The highest BCUT2D eigenvalue weighted by molar-refractivity contribution is 7.07. The lowest BCUT2D eigenvalue weighted by atomic mass is 10.1. The van der Waals surface area contributed by atoms with Gasteiger partial charge in [-0.2, -0.15) is 0 Å². The smallest absolute Gasteiger partial charge is 0.131 e. The molecular weight excluding hydrogens is 268 g/mol. The van der Waals surface area contributed by atoms with E-state index < -0.39 is 0 Å². The van der Waals surface area contributed by atoms with Crippen LogP contribution in [0.25, 0.3) is 0 Å². The van der Waals surface area contributed by atoms with Gasteiger partial charge in [0, 0.05) is 11.4 Å². The quantitative estimate of drug-likeness (QED) is 0.880. The van der Waals surface area contributed by atoms with Crippen LogP contribution in [0, 0.1) is 0 Å². The van der Waals surface area contributed by atoms with Crippen LogP contribution in [-0.4, -0.2) is 11.5 Å². The molecule has 20 heavy (non-hydrogen) atoms. The Labute approximate surface area is 124 Å². The highest BCUT2D eigenvalue weighted by atomic mass is 32.1. The minimum absolute atomic E-state index is 0.493. The van der Waals surface area contributed by atoms with Crippen molar-refractivity contribution >= 4 is 11.3 Å². The van der Waals surface area contributed by atoms with Crippen molar-refractivity contribution < 1.29 is 4.74 Å². The summed E-state index contributed by atoms with van der Waals surface area (Å²) in [5.41, 5.74) is 5.63. The molecule has 106 valence electrons. The fourth-order valence-corrected chi connectivity index (χ4v) is 3.29. The minimum Gasteiger partial charge on any atom is -0.487 e. The molecule has 0 fully saturated rings. The molecule has 0 bridgehead atoms. The minimum atomic E-state index is 0.493. The van der Waals surface area contributed by atoms with E-state index in [-0.39, 0.29) is 0 Å². The van der Waals surface area contributed by atoms with Crippen molar-refractivity contribution in [3.8, 4) is 5.75 Å². The van der Waals surface area contributed by atoms with Crippen LogP contribution >= 0.6 is 11.3 Å². The van der Waals surface area contributed by atoms with E-state index in [1.807, 2.05) is 10.9 Å². The Morgan fingerprint density at radius 1 is 1.45 bits per heavy atom. The molecule has 0 amide bonds. The maximum absolute atomic E-state index is 5.96. The molecule has 4 heteroatoms. The van der Waals surface area contributed by atoms with Crippen molar-refractivity contribution in [1.29, 1.82) is 0 Å². The predicted molar refractivity (Wildman–Crippen MR) is 82.2 cm³/mol. The molecular formula is C16H20N2OS. The number of thiazole rings is 1. The molecule has 3 nitrogen and oxygen atoms in total. The van der Waals surface area contributed by atoms with Gasteiger partial charge in [-0.25, -0.2) is 4.98 Å². The second kappa shape index (κ2) is 6.37. The summed E-state index contributed by atoms with van der Waals surface area (Å²) in [5.74, 6) is 1.02. The molecule has 1 aliphatic rings. The summed E-state index contributed by atoms with van der Waals surface area (Å²) in [6.45, 7) is 3.84. The molecule has 2 aromatic rings. The van der Waals surface area contributed by atoms with E-state index in [0.717, 1.165) is 24.4 Å². The Kier molecular flexibility index (Phi) is 4.33. The van der Waals surface area contributed by atoms with Gasteiger partial charge in [0.1, 0.15) is 12.4 Å². The van der Waals surface area contributed by atoms with E-state index in [4.69, 9.17) is 4.74 Å². The van der Waals surface area contributed by atoms with E-state index in [0.29, 0.717) is 12.6 Å². The number of benzene rings is 1. The molecule has 0 saturated carbocycles. The van der Waals surface area contributed by atoms with E-state index in [2.05, 4.69) is 35.4 Å². The normalized spacial score (nSPS) is 17.1. The molecule has 1 heterocycles. The molecule has 0 aliphatic heterocycles. The van der Waals surface area contributed by atoms with Crippen LogP contribution in [0.1, 0.15) is 42.6 Å². The number of hydrogen-bond donors (Lipinski definition) is 1. The summed E-state index contributed by atoms with van der Waals surface area (Å²) in [5, 5.41) is 5.65. The third kappa shape index (κ3) is 2.86. The van der Waals surface area contributed by atoms with Crippen molar-refractivity contribution in [3.63, 3.8) is 0 Å². The van der Waals surface area contributed by atoms with Gasteiger partial charge in [0.25, 0.3) is 0 Å². The molecule has 3 rings (SSSR count). The third-order valence-electron chi connectivity index (χ3n) is 3.73. The van der Waals surface area contributed by atoms with Crippen LogP contribution < -0.4 is 10.1 Å². The molecule has 1 atom stereocenters. The number of ether oxygens (including phenoxy) is 1. The lowest BCUT2D eigenvalue weighted by Gasteiger charge is -2.14. The van der Waals surface area contributed by atoms with Crippen molar-refractivity contribution in [3.05, 3.63) is 45.9 Å². The zero-order valence-corrected chi connectivity index (χ0v) is 12.6. The van der Waals surface area contributed by atoms with E-state index >= 15 is 0 Å². The van der Waals surface area contributed by atoms with E-state index in [1.165, 1.54) is 24.0 Å². The maximum atomic E-state index is 5.96. The van der Waals surface area contributed by atoms with Crippen LogP contribution in [-0.2, 0) is 13.0 Å². The average molecular weight is 288 g/mol. The van der Waals surface area contributed by atoms with Gasteiger partial charge >= 0.3 is 0 Å². The number of nitrogens with zero attached hydrogens (tertiary/aromatic N) is 1. The van der Waals surface area contributed by atoms with Crippen molar-refractivity contribution in [1.82, 2.24) is 10.3 Å². The van der Waals surface area contributed by atoms with Crippen molar-refractivity contribution in [2.75, 3.05) is 6.54 Å². The summed E-state index contributed by atoms with van der Waals surface area (Å²) >= 11 is 1.61. The molecule has 1 aromatic heterocycles. The first kappa shape index (κ1) is 13.6. The zero-order chi connectivity index (χ0) is 13.8.